The third kappa shape index (κ3) is 6.52. The van der Waals surface area contributed by atoms with E-state index in [1.54, 1.807) is 0 Å². The molecule has 1 unspecified atom stereocenters. The number of allylic oxidation sites excluding steroid dienone is 1. The number of hydrogen-bond acceptors (Lipinski definition) is 6. The average Bonchev–Trinajstić information content (AvgIpc) is 3.77. The molecule has 0 aromatic carbocycles. The first-order valence-corrected chi connectivity index (χ1v) is 18.9. The summed E-state index contributed by atoms with van der Waals surface area (Å²) < 4.78 is 6.35. The average molecular weight is 696 g/mol. The first kappa shape index (κ1) is 36.5. The number of carboxylic acid groups (broad SMARTS) is 1. The molecular formula is C41H53N5O5. The van der Waals surface area contributed by atoms with Crippen LogP contribution in [-0.4, -0.2) is 67.0 Å². The van der Waals surface area contributed by atoms with Gasteiger partial charge in [0.2, 0.25) is 0 Å². The standard InChI is InChI=1S/C41H53N5O5/c1-9-12-16-46-40(49)36-24(7)31-19-32-26(11-3)21(4)28(42-32)20-33-35(25(8)51-17-13-10-2)23(6)30(43-33)18-29-22(5)27(14-15-34(47)48)38(44-29)37(41(46)50)39(36)45-31/h18-22,25-27,42,45H,9-17H2,1-8H3,(H,47,48)/t21-,22+,25?,26-,27+/m1/s1. The fourth-order valence-electron chi connectivity index (χ4n) is 8.32. The molecule has 3 N–H and O–H groups in total. The minimum Gasteiger partial charge on any atom is -0.481 e. The van der Waals surface area contributed by atoms with Gasteiger partial charge >= 0.3 is 5.97 Å². The van der Waals surface area contributed by atoms with E-state index in [1.807, 2.05) is 26.8 Å². The van der Waals surface area contributed by atoms with Gasteiger partial charge in [-0.05, 0) is 75.8 Å². The van der Waals surface area contributed by atoms with Gasteiger partial charge in [-0.3, -0.25) is 24.3 Å². The van der Waals surface area contributed by atoms with E-state index in [9.17, 15) is 19.5 Å². The van der Waals surface area contributed by atoms with Crippen molar-refractivity contribution in [3.63, 3.8) is 0 Å². The molecule has 10 nitrogen and oxygen atoms in total. The van der Waals surface area contributed by atoms with Crippen LogP contribution in [0.4, 0.5) is 0 Å². The van der Waals surface area contributed by atoms with E-state index in [4.69, 9.17) is 14.7 Å². The van der Waals surface area contributed by atoms with Crippen LogP contribution in [0, 0.1) is 6.92 Å². The third-order valence-corrected chi connectivity index (χ3v) is 11.5. The van der Waals surface area contributed by atoms with Crippen LogP contribution in [0.15, 0.2) is 18.2 Å². The summed E-state index contributed by atoms with van der Waals surface area (Å²) in [7, 11) is 0. The van der Waals surface area contributed by atoms with E-state index in [0.29, 0.717) is 48.3 Å². The summed E-state index contributed by atoms with van der Waals surface area (Å²) in [6, 6.07) is 6.26. The van der Waals surface area contributed by atoms with E-state index < -0.39 is 5.97 Å². The molecule has 0 fully saturated rings. The van der Waals surface area contributed by atoms with Crippen LogP contribution < -0.4 is 0 Å². The number of amides is 2. The molecule has 10 heteroatoms. The zero-order valence-corrected chi connectivity index (χ0v) is 31.4. The molecule has 0 saturated heterocycles. The molecule has 0 aliphatic carbocycles. The normalized spacial score (nSPS) is 21.4. The van der Waals surface area contributed by atoms with Crippen LogP contribution in [0.25, 0.3) is 22.2 Å². The highest BCUT2D eigenvalue weighted by molar-refractivity contribution is 6.23. The van der Waals surface area contributed by atoms with Gasteiger partial charge in [-0.1, -0.05) is 47.5 Å². The molecule has 2 aromatic rings. The predicted molar refractivity (Wildman–Crippen MR) is 200 cm³/mol. The Morgan fingerprint density at radius 1 is 0.922 bits per heavy atom. The van der Waals surface area contributed by atoms with Crippen molar-refractivity contribution in [1.29, 1.82) is 0 Å². The number of carbonyl (C=O) groups excluding carboxylic acids is 2. The predicted octanol–water partition coefficient (Wildman–Crippen LogP) is 8.93. The van der Waals surface area contributed by atoms with Gasteiger partial charge < -0.3 is 19.8 Å². The van der Waals surface area contributed by atoms with Crippen molar-refractivity contribution in [3.05, 3.63) is 69.1 Å². The molecule has 0 radical (unpaired) electrons. The minimum atomic E-state index is -0.905. The number of aryl methyl sites for hydroxylation is 1. The molecule has 8 bridgehead atoms. The van der Waals surface area contributed by atoms with E-state index in [0.717, 1.165) is 76.4 Å². The van der Waals surface area contributed by atoms with Gasteiger partial charge in [0.25, 0.3) is 11.8 Å². The van der Waals surface area contributed by atoms with Crippen molar-refractivity contribution in [2.75, 3.05) is 13.2 Å². The Labute approximate surface area is 300 Å². The van der Waals surface area contributed by atoms with Crippen LogP contribution in [0.5, 0.6) is 0 Å². The second-order valence-corrected chi connectivity index (χ2v) is 14.7. The molecule has 6 heterocycles. The largest absolute Gasteiger partial charge is 0.481 e. The third-order valence-electron chi connectivity index (χ3n) is 11.5. The maximum atomic E-state index is 14.5. The maximum Gasteiger partial charge on any atom is 0.303 e. The lowest BCUT2D eigenvalue weighted by Crippen LogP contribution is -2.41. The lowest BCUT2D eigenvalue weighted by Gasteiger charge is -2.27. The molecule has 5 atom stereocenters. The Balaban J connectivity index is 1.73. The van der Waals surface area contributed by atoms with Crippen LogP contribution >= 0.6 is 0 Å². The second-order valence-electron chi connectivity index (χ2n) is 14.7. The molecule has 0 spiro atoms. The number of unbranched alkanes of at least 4 members (excludes halogenated alkanes) is 2. The molecule has 4 aliphatic heterocycles. The lowest BCUT2D eigenvalue weighted by molar-refractivity contribution is -0.137. The smallest absolute Gasteiger partial charge is 0.303 e. The van der Waals surface area contributed by atoms with Gasteiger partial charge in [-0.2, -0.15) is 0 Å². The highest BCUT2D eigenvalue weighted by atomic mass is 16.5. The van der Waals surface area contributed by atoms with Gasteiger partial charge in [-0.25, -0.2) is 4.98 Å². The maximum absolute atomic E-state index is 14.5. The Morgan fingerprint density at radius 2 is 1.65 bits per heavy atom. The van der Waals surface area contributed by atoms with E-state index >= 15 is 0 Å². The number of aromatic amines is 2. The number of H-pyrrole nitrogens is 2. The Hall–Kier alpha value is -4.31. The molecule has 2 aromatic heterocycles. The number of carboxylic acids is 1. The molecule has 6 rings (SSSR count). The summed E-state index contributed by atoms with van der Waals surface area (Å²) in [5, 5.41) is 9.76. The number of imide groups is 1. The Kier molecular flexibility index (Phi) is 10.5. The van der Waals surface area contributed by atoms with E-state index in [1.165, 1.54) is 4.90 Å². The molecular weight excluding hydrogens is 642 g/mol. The van der Waals surface area contributed by atoms with Gasteiger partial charge in [-0.15, -0.1) is 0 Å². The monoisotopic (exact) mass is 695 g/mol. The SMILES string of the molecule is CCCCOC(C)C1=C(C)c2cc3nc(c4c5[nH]c(cc6[nH]c(cc1n2)[C@H](C)[C@H]6CC)c(C)c5C(=O)N(CCCC)C4=O)[C@@H](CCC(=O)O)[C@@H]3C. The van der Waals surface area contributed by atoms with Crippen LogP contribution in [0.3, 0.4) is 0 Å². The second kappa shape index (κ2) is 14.7. The van der Waals surface area contributed by atoms with Crippen molar-refractivity contribution >= 4 is 40.0 Å². The number of ether oxygens (including phenoxy) is 1. The topological polar surface area (TPSA) is 141 Å². The Morgan fingerprint density at radius 3 is 2.33 bits per heavy atom. The number of nitrogens with zero attached hydrogens (tertiary/aromatic N) is 3. The van der Waals surface area contributed by atoms with E-state index in [-0.39, 0.29) is 48.0 Å². The molecule has 272 valence electrons. The molecule has 4 aliphatic rings. The number of aliphatic carboxylic acids is 1. The highest BCUT2D eigenvalue weighted by Gasteiger charge is 2.41. The summed E-state index contributed by atoms with van der Waals surface area (Å²) in [6.07, 6.45) is 4.49. The van der Waals surface area contributed by atoms with Crippen LogP contribution in [-0.2, 0) is 9.53 Å². The van der Waals surface area contributed by atoms with Crippen molar-refractivity contribution in [3.8, 4) is 0 Å². The summed E-state index contributed by atoms with van der Waals surface area (Å²) in [5.74, 6) is -1.74. The fourth-order valence-corrected chi connectivity index (χ4v) is 8.32. The summed E-state index contributed by atoms with van der Waals surface area (Å²) in [6.45, 7) is 17.7. The first-order valence-electron chi connectivity index (χ1n) is 18.9. The molecule has 51 heavy (non-hydrogen) atoms. The highest BCUT2D eigenvalue weighted by Crippen LogP contribution is 2.45. The van der Waals surface area contributed by atoms with Crippen molar-refractivity contribution in [2.45, 2.75) is 130 Å². The summed E-state index contributed by atoms with van der Waals surface area (Å²) in [5.41, 5.74) is 9.94. The lowest BCUT2D eigenvalue weighted by atomic mass is 9.84. The van der Waals surface area contributed by atoms with Gasteiger partial charge in [0.05, 0.1) is 39.8 Å². The van der Waals surface area contributed by atoms with Crippen molar-refractivity contribution < 1.29 is 24.2 Å². The zero-order chi connectivity index (χ0) is 36.7. The Bertz CT molecular complexity index is 1970. The molecule has 2 amide bonds. The number of rotatable bonds is 12. The summed E-state index contributed by atoms with van der Waals surface area (Å²) in [4.78, 5) is 59.6. The first-order chi connectivity index (χ1) is 24.4. The fraction of sp³-hybridized carbons (Fsp3) is 0.537. The van der Waals surface area contributed by atoms with Gasteiger partial charge in [0, 0.05) is 71.4 Å². The number of aromatic nitrogens is 4. The number of hydrogen-bond donors (Lipinski definition) is 3. The van der Waals surface area contributed by atoms with Gasteiger partial charge in [0.15, 0.2) is 0 Å². The minimum absolute atomic E-state index is 0.0698. The number of carbonyl (C=O) groups is 3. The number of fused-ring (bicyclic) bond motifs is 8. The van der Waals surface area contributed by atoms with Crippen molar-refractivity contribution in [2.24, 2.45) is 0 Å². The van der Waals surface area contributed by atoms with Gasteiger partial charge in [0.1, 0.15) is 0 Å². The number of nitrogens with one attached hydrogen (secondary N) is 2. The summed E-state index contributed by atoms with van der Waals surface area (Å²) >= 11 is 0. The van der Waals surface area contributed by atoms with Crippen LogP contribution in [0.1, 0.15) is 178 Å². The molecule has 0 saturated carbocycles. The van der Waals surface area contributed by atoms with Crippen molar-refractivity contribution in [1.82, 2.24) is 24.8 Å². The van der Waals surface area contributed by atoms with E-state index in [2.05, 4.69) is 56.7 Å². The zero-order valence-electron chi connectivity index (χ0n) is 31.4. The quantitative estimate of drug-likeness (QED) is 0.149. The van der Waals surface area contributed by atoms with Crippen LogP contribution in [0.2, 0.25) is 0 Å².